The first-order chi connectivity index (χ1) is 7.83. The van der Waals surface area contributed by atoms with Crippen LogP contribution < -0.4 is 5.32 Å². The molecule has 0 aliphatic carbocycles. The zero-order chi connectivity index (χ0) is 11.6. The number of hydrogen-bond acceptors (Lipinski definition) is 4. The molecule has 1 aliphatic rings. The molecule has 1 aliphatic heterocycles. The van der Waals surface area contributed by atoms with Crippen LogP contribution in [0.15, 0.2) is 0 Å². The highest BCUT2D eigenvalue weighted by atomic mass is 16.5. The van der Waals surface area contributed by atoms with Crippen molar-refractivity contribution in [3.63, 3.8) is 0 Å². The summed E-state index contributed by atoms with van der Waals surface area (Å²) in [6.07, 6.45) is 4.56. The Bertz CT molecular complexity index is 161. The van der Waals surface area contributed by atoms with Crippen LogP contribution in [0.5, 0.6) is 0 Å². The van der Waals surface area contributed by atoms with Gasteiger partial charge in [-0.15, -0.1) is 0 Å². The largest absolute Gasteiger partial charge is 0.390 e. The van der Waals surface area contributed by atoms with Gasteiger partial charge in [-0.1, -0.05) is 0 Å². The molecule has 0 spiro atoms. The van der Waals surface area contributed by atoms with Gasteiger partial charge >= 0.3 is 0 Å². The van der Waals surface area contributed by atoms with Crippen LogP contribution in [0.4, 0.5) is 0 Å². The van der Waals surface area contributed by atoms with Crippen LogP contribution in [0.25, 0.3) is 0 Å². The van der Waals surface area contributed by atoms with Crippen molar-refractivity contribution in [3.8, 4) is 0 Å². The minimum absolute atomic E-state index is 0.222. The summed E-state index contributed by atoms with van der Waals surface area (Å²) in [5.41, 5.74) is 0. The number of nitrogens with one attached hydrogen (secondary N) is 1. The van der Waals surface area contributed by atoms with Crippen molar-refractivity contribution >= 4 is 0 Å². The zero-order valence-electron chi connectivity index (χ0n) is 10.5. The van der Waals surface area contributed by atoms with Gasteiger partial charge in [-0.2, -0.15) is 0 Å². The lowest BCUT2D eigenvalue weighted by molar-refractivity contribution is 0.123. The fourth-order valence-electron chi connectivity index (χ4n) is 2.09. The highest BCUT2D eigenvalue weighted by molar-refractivity contribution is 4.71. The van der Waals surface area contributed by atoms with Gasteiger partial charge in [-0.3, -0.25) is 0 Å². The predicted octanol–water partition coefficient (Wildman–Crippen LogP) is 0.459. The summed E-state index contributed by atoms with van der Waals surface area (Å²) in [7, 11) is 1.73. The summed E-state index contributed by atoms with van der Waals surface area (Å²) in [6.45, 7) is 5.66. The van der Waals surface area contributed by atoms with Crippen LogP contribution in [0.2, 0.25) is 0 Å². The Balaban J connectivity index is 1.87. The van der Waals surface area contributed by atoms with E-state index in [9.17, 15) is 5.11 Å². The van der Waals surface area contributed by atoms with Crippen LogP contribution in [-0.4, -0.2) is 62.6 Å². The molecule has 4 heteroatoms. The maximum atomic E-state index is 9.78. The summed E-state index contributed by atoms with van der Waals surface area (Å²) in [6, 6.07) is 0. The third kappa shape index (κ3) is 6.43. The Morgan fingerprint density at radius 3 is 2.75 bits per heavy atom. The molecule has 1 fully saturated rings. The van der Waals surface area contributed by atoms with Crippen LogP contribution in [0.3, 0.4) is 0 Å². The molecular formula is C12H26N2O2. The lowest BCUT2D eigenvalue weighted by Gasteiger charge is -2.19. The van der Waals surface area contributed by atoms with Gasteiger partial charge in [-0.25, -0.2) is 0 Å². The molecule has 16 heavy (non-hydrogen) atoms. The van der Waals surface area contributed by atoms with Gasteiger partial charge in [0.15, 0.2) is 0 Å². The number of rotatable bonds is 9. The summed E-state index contributed by atoms with van der Waals surface area (Å²) >= 11 is 0. The van der Waals surface area contributed by atoms with E-state index in [4.69, 9.17) is 4.74 Å². The van der Waals surface area contributed by atoms with Crippen molar-refractivity contribution in [2.75, 3.05) is 46.4 Å². The van der Waals surface area contributed by atoms with Gasteiger partial charge in [0.1, 0.15) is 0 Å². The fraction of sp³-hybridized carbons (Fsp3) is 1.00. The minimum atomic E-state index is -0.222. The molecule has 1 saturated heterocycles. The number of β-amino-alcohol motifs (C(OH)–C–C–N with tert-alkyl or cyclic N) is 1. The van der Waals surface area contributed by atoms with Crippen LogP contribution in [0.1, 0.15) is 25.7 Å². The van der Waals surface area contributed by atoms with Gasteiger partial charge in [0, 0.05) is 26.8 Å². The first-order valence-electron chi connectivity index (χ1n) is 6.43. The molecule has 0 bridgehead atoms. The van der Waals surface area contributed by atoms with E-state index in [1.54, 1.807) is 7.11 Å². The van der Waals surface area contributed by atoms with Crippen molar-refractivity contribution in [1.29, 1.82) is 0 Å². The standard InChI is InChI=1S/C12H26N2O2/c1-16-9-5-2-6-13-10-12(15)11-14-7-3-4-8-14/h12-13,15H,2-11H2,1H3. The number of ether oxygens (including phenoxy) is 1. The predicted molar refractivity (Wildman–Crippen MR) is 65.7 cm³/mol. The maximum Gasteiger partial charge on any atom is 0.0791 e. The van der Waals surface area contributed by atoms with Gasteiger partial charge in [0.05, 0.1) is 6.10 Å². The summed E-state index contributed by atoms with van der Waals surface area (Å²) in [5.74, 6) is 0. The van der Waals surface area contributed by atoms with E-state index in [1.165, 1.54) is 12.8 Å². The Kier molecular flexibility index (Phi) is 7.76. The van der Waals surface area contributed by atoms with Crippen molar-refractivity contribution in [2.24, 2.45) is 0 Å². The molecule has 0 aromatic rings. The lowest BCUT2D eigenvalue weighted by Crippen LogP contribution is -2.37. The third-order valence-corrected chi connectivity index (χ3v) is 3.00. The van der Waals surface area contributed by atoms with Crippen LogP contribution in [-0.2, 0) is 4.74 Å². The molecule has 0 aromatic carbocycles. The third-order valence-electron chi connectivity index (χ3n) is 3.00. The summed E-state index contributed by atoms with van der Waals surface area (Å²) < 4.78 is 4.97. The van der Waals surface area contributed by atoms with Crippen LogP contribution >= 0.6 is 0 Å². The molecule has 0 amide bonds. The topological polar surface area (TPSA) is 44.7 Å². The molecule has 1 rings (SSSR count). The van der Waals surface area contributed by atoms with E-state index in [-0.39, 0.29) is 6.10 Å². The number of aliphatic hydroxyl groups excluding tert-OH is 1. The molecule has 1 atom stereocenters. The second kappa shape index (κ2) is 8.93. The molecule has 4 nitrogen and oxygen atoms in total. The second-order valence-electron chi connectivity index (χ2n) is 4.57. The van der Waals surface area contributed by atoms with Gasteiger partial charge in [0.2, 0.25) is 0 Å². The number of hydrogen-bond donors (Lipinski definition) is 2. The molecule has 1 unspecified atom stereocenters. The van der Waals surface area contributed by atoms with Gasteiger partial charge in [0.25, 0.3) is 0 Å². The Morgan fingerprint density at radius 1 is 1.31 bits per heavy atom. The fourth-order valence-corrected chi connectivity index (χ4v) is 2.09. The Morgan fingerprint density at radius 2 is 2.06 bits per heavy atom. The van der Waals surface area contributed by atoms with Crippen molar-refractivity contribution in [2.45, 2.75) is 31.8 Å². The molecule has 96 valence electrons. The number of unbranched alkanes of at least 4 members (excludes halogenated alkanes) is 1. The van der Waals surface area contributed by atoms with Crippen molar-refractivity contribution < 1.29 is 9.84 Å². The molecular weight excluding hydrogens is 204 g/mol. The molecule has 2 N–H and O–H groups in total. The highest BCUT2D eigenvalue weighted by Crippen LogP contribution is 2.07. The summed E-state index contributed by atoms with van der Waals surface area (Å²) in [5, 5.41) is 13.1. The van der Waals surface area contributed by atoms with E-state index in [0.717, 1.165) is 45.6 Å². The first kappa shape index (κ1) is 13.9. The Labute approximate surface area is 99.0 Å². The maximum absolute atomic E-state index is 9.78. The molecule has 0 aromatic heterocycles. The smallest absolute Gasteiger partial charge is 0.0791 e. The van der Waals surface area contributed by atoms with E-state index in [2.05, 4.69) is 10.2 Å². The monoisotopic (exact) mass is 230 g/mol. The van der Waals surface area contributed by atoms with E-state index < -0.39 is 0 Å². The van der Waals surface area contributed by atoms with E-state index in [1.807, 2.05) is 0 Å². The number of aliphatic hydroxyl groups is 1. The average molecular weight is 230 g/mol. The lowest BCUT2D eigenvalue weighted by atomic mass is 10.3. The minimum Gasteiger partial charge on any atom is -0.390 e. The van der Waals surface area contributed by atoms with Crippen molar-refractivity contribution in [3.05, 3.63) is 0 Å². The number of likely N-dealkylation sites (tertiary alicyclic amines) is 1. The quantitative estimate of drug-likeness (QED) is 0.565. The SMILES string of the molecule is COCCCCNCC(O)CN1CCCC1. The number of methoxy groups -OCH3 is 1. The van der Waals surface area contributed by atoms with Crippen molar-refractivity contribution in [1.82, 2.24) is 10.2 Å². The average Bonchev–Trinajstić information content (AvgIpc) is 2.76. The second-order valence-corrected chi connectivity index (χ2v) is 4.57. The van der Waals surface area contributed by atoms with Gasteiger partial charge < -0.3 is 20.1 Å². The molecule has 1 heterocycles. The highest BCUT2D eigenvalue weighted by Gasteiger charge is 2.14. The molecule has 0 radical (unpaired) electrons. The molecule has 0 saturated carbocycles. The van der Waals surface area contributed by atoms with E-state index in [0.29, 0.717) is 6.54 Å². The van der Waals surface area contributed by atoms with Gasteiger partial charge in [-0.05, 0) is 45.3 Å². The first-order valence-corrected chi connectivity index (χ1v) is 6.43. The number of nitrogens with zero attached hydrogens (tertiary/aromatic N) is 1. The Hall–Kier alpha value is -0.160. The normalized spacial score (nSPS) is 19.1. The zero-order valence-corrected chi connectivity index (χ0v) is 10.5. The van der Waals surface area contributed by atoms with Crippen LogP contribution in [0, 0.1) is 0 Å². The summed E-state index contributed by atoms with van der Waals surface area (Å²) in [4.78, 5) is 2.34. The van der Waals surface area contributed by atoms with E-state index >= 15 is 0 Å².